The molecule has 0 aromatic heterocycles. The van der Waals surface area contributed by atoms with E-state index in [0.717, 1.165) is 5.56 Å². The first-order valence-electron chi connectivity index (χ1n) is 7.51. The molecule has 0 radical (unpaired) electrons. The maximum atomic E-state index is 12.2. The highest BCUT2D eigenvalue weighted by atomic mass is 16.5. The molecule has 0 bridgehead atoms. The summed E-state index contributed by atoms with van der Waals surface area (Å²) in [5, 5.41) is 2.85. The number of amides is 1. The van der Waals surface area contributed by atoms with Crippen molar-refractivity contribution in [3.05, 3.63) is 65.7 Å². The molecule has 1 unspecified atom stereocenters. The summed E-state index contributed by atoms with van der Waals surface area (Å²) in [6.45, 7) is 1.32. The number of hydrogen-bond donors (Lipinski definition) is 2. The third-order valence-corrected chi connectivity index (χ3v) is 3.36. The maximum absolute atomic E-state index is 12.2. The number of nitrogens with one attached hydrogen (secondary N) is 1. The number of ether oxygens (including phenoxy) is 2. The largest absolute Gasteiger partial charge is 0.491 e. The van der Waals surface area contributed by atoms with Gasteiger partial charge < -0.3 is 20.5 Å². The van der Waals surface area contributed by atoms with Gasteiger partial charge in [0, 0.05) is 25.3 Å². The summed E-state index contributed by atoms with van der Waals surface area (Å²) in [4.78, 5) is 12.2. The van der Waals surface area contributed by atoms with Gasteiger partial charge in [-0.2, -0.15) is 0 Å². The first-order chi connectivity index (χ1) is 11.2. The van der Waals surface area contributed by atoms with Crippen LogP contribution < -0.4 is 15.8 Å². The predicted molar refractivity (Wildman–Crippen MR) is 89.5 cm³/mol. The molecule has 3 N–H and O–H groups in total. The lowest BCUT2D eigenvalue weighted by molar-refractivity contribution is 0.0950. The molecular formula is C18H22N2O3. The third kappa shape index (κ3) is 5.39. The van der Waals surface area contributed by atoms with E-state index in [9.17, 15) is 4.79 Å². The van der Waals surface area contributed by atoms with Crippen molar-refractivity contribution in [2.24, 2.45) is 5.73 Å². The topological polar surface area (TPSA) is 73.6 Å². The highest BCUT2D eigenvalue weighted by Gasteiger charge is 2.10. The van der Waals surface area contributed by atoms with Crippen LogP contribution >= 0.6 is 0 Å². The fraction of sp³-hybridized carbons (Fsp3) is 0.278. The van der Waals surface area contributed by atoms with Gasteiger partial charge in [0.1, 0.15) is 12.4 Å². The van der Waals surface area contributed by atoms with Crippen molar-refractivity contribution in [3.8, 4) is 5.75 Å². The average molecular weight is 314 g/mol. The highest BCUT2D eigenvalue weighted by Crippen LogP contribution is 2.14. The van der Waals surface area contributed by atoms with E-state index in [-0.39, 0.29) is 11.9 Å². The van der Waals surface area contributed by atoms with Crippen molar-refractivity contribution in [2.75, 3.05) is 26.9 Å². The van der Waals surface area contributed by atoms with E-state index >= 15 is 0 Å². The lowest BCUT2D eigenvalue weighted by atomic mass is 10.1. The lowest BCUT2D eigenvalue weighted by Gasteiger charge is -2.13. The minimum atomic E-state index is -0.235. The van der Waals surface area contributed by atoms with Gasteiger partial charge in [-0.3, -0.25) is 4.79 Å². The van der Waals surface area contributed by atoms with Crippen molar-refractivity contribution >= 4 is 5.91 Å². The molecule has 2 rings (SSSR count). The van der Waals surface area contributed by atoms with Gasteiger partial charge in [-0.1, -0.05) is 36.4 Å². The van der Waals surface area contributed by atoms with Gasteiger partial charge in [0.2, 0.25) is 0 Å². The van der Waals surface area contributed by atoms with Crippen molar-refractivity contribution in [1.29, 1.82) is 0 Å². The maximum Gasteiger partial charge on any atom is 0.251 e. The Morgan fingerprint density at radius 3 is 2.65 bits per heavy atom. The van der Waals surface area contributed by atoms with Crippen LogP contribution in [0.4, 0.5) is 0 Å². The summed E-state index contributed by atoms with van der Waals surface area (Å²) in [6.07, 6.45) is 0. The summed E-state index contributed by atoms with van der Waals surface area (Å²) < 4.78 is 10.4. The molecule has 0 spiro atoms. The molecule has 0 saturated heterocycles. The molecule has 122 valence electrons. The fourth-order valence-electron chi connectivity index (χ4n) is 2.09. The minimum Gasteiger partial charge on any atom is -0.491 e. The van der Waals surface area contributed by atoms with Gasteiger partial charge in [-0.25, -0.2) is 0 Å². The van der Waals surface area contributed by atoms with Crippen LogP contribution in [0.3, 0.4) is 0 Å². The zero-order chi connectivity index (χ0) is 16.5. The second-order valence-electron chi connectivity index (χ2n) is 5.10. The third-order valence-electron chi connectivity index (χ3n) is 3.36. The van der Waals surface area contributed by atoms with Crippen LogP contribution in [0.15, 0.2) is 54.6 Å². The van der Waals surface area contributed by atoms with Crippen LogP contribution in [-0.2, 0) is 4.74 Å². The fourth-order valence-corrected chi connectivity index (χ4v) is 2.09. The van der Waals surface area contributed by atoms with E-state index in [2.05, 4.69) is 5.32 Å². The SMILES string of the molecule is COCCOc1cccc(C(=O)NCC(N)c2ccccc2)c1. The first-order valence-corrected chi connectivity index (χ1v) is 7.51. The number of nitrogens with two attached hydrogens (primary N) is 1. The summed E-state index contributed by atoms with van der Waals surface area (Å²) in [6, 6.07) is 16.5. The molecule has 5 nitrogen and oxygen atoms in total. The van der Waals surface area contributed by atoms with Crippen LogP contribution in [-0.4, -0.2) is 32.8 Å². The normalized spacial score (nSPS) is 11.7. The number of hydrogen-bond acceptors (Lipinski definition) is 4. The second-order valence-corrected chi connectivity index (χ2v) is 5.10. The summed E-state index contributed by atoms with van der Waals surface area (Å²) in [5.74, 6) is 0.468. The number of carbonyl (C=O) groups is 1. The first kappa shape index (κ1) is 17.0. The Kier molecular flexibility index (Phi) is 6.59. The zero-order valence-corrected chi connectivity index (χ0v) is 13.2. The van der Waals surface area contributed by atoms with Crippen molar-refractivity contribution in [2.45, 2.75) is 6.04 Å². The molecule has 0 aliphatic rings. The van der Waals surface area contributed by atoms with Gasteiger partial charge in [0.25, 0.3) is 5.91 Å². The van der Waals surface area contributed by atoms with Gasteiger partial charge in [0.15, 0.2) is 0 Å². The Balaban J connectivity index is 1.89. The molecule has 5 heteroatoms. The van der Waals surface area contributed by atoms with Crippen molar-refractivity contribution < 1.29 is 14.3 Å². The number of methoxy groups -OCH3 is 1. The lowest BCUT2D eigenvalue weighted by Crippen LogP contribution is -2.31. The van der Waals surface area contributed by atoms with Crippen molar-refractivity contribution in [3.63, 3.8) is 0 Å². The smallest absolute Gasteiger partial charge is 0.251 e. The van der Waals surface area contributed by atoms with Crippen LogP contribution in [0, 0.1) is 0 Å². The standard InChI is InChI=1S/C18H22N2O3/c1-22-10-11-23-16-9-5-8-15(12-16)18(21)20-13-17(19)14-6-3-2-4-7-14/h2-9,12,17H,10-11,13,19H2,1H3,(H,20,21). The summed E-state index contributed by atoms with van der Waals surface area (Å²) in [5.41, 5.74) is 7.61. The molecule has 1 amide bonds. The summed E-state index contributed by atoms with van der Waals surface area (Å²) >= 11 is 0. The van der Waals surface area contributed by atoms with Crippen LogP contribution in [0.1, 0.15) is 22.0 Å². The molecule has 0 saturated carbocycles. The quantitative estimate of drug-likeness (QED) is 0.732. The van der Waals surface area contributed by atoms with E-state index < -0.39 is 0 Å². The van der Waals surface area contributed by atoms with Crippen LogP contribution in [0.5, 0.6) is 5.75 Å². The molecular weight excluding hydrogens is 292 g/mol. The van der Waals surface area contributed by atoms with Crippen LogP contribution in [0.2, 0.25) is 0 Å². The molecule has 0 aliphatic heterocycles. The van der Waals surface area contributed by atoms with E-state index in [4.69, 9.17) is 15.2 Å². The number of rotatable bonds is 8. The number of carbonyl (C=O) groups excluding carboxylic acids is 1. The molecule has 2 aromatic carbocycles. The molecule has 0 fully saturated rings. The van der Waals surface area contributed by atoms with E-state index in [1.54, 1.807) is 25.3 Å². The molecule has 23 heavy (non-hydrogen) atoms. The van der Waals surface area contributed by atoms with E-state index in [1.165, 1.54) is 0 Å². The Bertz CT molecular complexity index is 617. The van der Waals surface area contributed by atoms with Gasteiger partial charge >= 0.3 is 0 Å². The van der Waals surface area contributed by atoms with E-state index in [0.29, 0.717) is 31.1 Å². The Labute approximate surface area is 136 Å². The number of benzene rings is 2. The van der Waals surface area contributed by atoms with Gasteiger partial charge in [-0.05, 0) is 23.8 Å². The Morgan fingerprint density at radius 2 is 1.91 bits per heavy atom. The molecule has 0 heterocycles. The van der Waals surface area contributed by atoms with Gasteiger partial charge in [-0.15, -0.1) is 0 Å². The Morgan fingerprint density at radius 1 is 1.13 bits per heavy atom. The van der Waals surface area contributed by atoms with Crippen molar-refractivity contribution in [1.82, 2.24) is 5.32 Å². The minimum absolute atomic E-state index is 0.173. The zero-order valence-electron chi connectivity index (χ0n) is 13.2. The van der Waals surface area contributed by atoms with Crippen LogP contribution in [0.25, 0.3) is 0 Å². The second kappa shape index (κ2) is 8.92. The predicted octanol–water partition coefficient (Wildman–Crippen LogP) is 2.14. The highest BCUT2D eigenvalue weighted by molar-refractivity contribution is 5.94. The molecule has 0 aliphatic carbocycles. The van der Waals surface area contributed by atoms with E-state index in [1.807, 2.05) is 36.4 Å². The summed E-state index contributed by atoms with van der Waals surface area (Å²) in [7, 11) is 1.61. The molecule has 2 aromatic rings. The van der Waals surface area contributed by atoms with Gasteiger partial charge in [0.05, 0.1) is 6.61 Å². The average Bonchev–Trinajstić information content (AvgIpc) is 2.60. The Hall–Kier alpha value is -2.37. The monoisotopic (exact) mass is 314 g/mol. The molecule has 1 atom stereocenters.